The molecule has 1 aliphatic heterocycles. The van der Waals surface area contributed by atoms with E-state index < -0.39 is 0 Å². The number of quaternary nitrogens is 1. The van der Waals surface area contributed by atoms with Crippen LogP contribution in [0.25, 0.3) is 0 Å². The maximum atomic E-state index is 11.6. The number of piperazine rings is 1. The number of nitrogens with zero attached hydrogens (tertiary/aromatic N) is 2. The average molecular weight is 294 g/mol. The van der Waals surface area contributed by atoms with Crippen LogP contribution in [0.2, 0.25) is 0 Å². The van der Waals surface area contributed by atoms with Crippen LogP contribution in [-0.2, 0) is 11.3 Å². The number of para-hydroxylation sites is 1. The van der Waals surface area contributed by atoms with E-state index in [4.69, 9.17) is 4.74 Å². The lowest BCUT2D eigenvalue weighted by atomic mass is 10.1. The fourth-order valence-corrected chi connectivity index (χ4v) is 2.50. The van der Waals surface area contributed by atoms with Crippen molar-refractivity contribution in [2.45, 2.75) is 13.5 Å². The van der Waals surface area contributed by atoms with E-state index in [9.17, 15) is 14.9 Å². The van der Waals surface area contributed by atoms with Crippen molar-refractivity contribution < 1.29 is 19.4 Å². The molecule has 0 aromatic heterocycles. The van der Waals surface area contributed by atoms with Crippen molar-refractivity contribution >= 4 is 11.8 Å². The van der Waals surface area contributed by atoms with Crippen molar-refractivity contribution in [2.75, 3.05) is 32.8 Å². The molecule has 2 rings (SSSR count). The van der Waals surface area contributed by atoms with Crippen LogP contribution < -0.4 is 4.90 Å². The number of rotatable bonds is 4. The summed E-state index contributed by atoms with van der Waals surface area (Å²) in [5.41, 5.74) is 0.903. The van der Waals surface area contributed by atoms with Gasteiger partial charge >= 0.3 is 6.09 Å². The summed E-state index contributed by atoms with van der Waals surface area (Å²) in [6, 6.07) is 6.82. The van der Waals surface area contributed by atoms with Crippen molar-refractivity contribution in [3.05, 3.63) is 39.9 Å². The van der Waals surface area contributed by atoms with Gasteiger partial charge in [-0.2, -0.15) is 0 Å². The topological polar surface area (TPSA) is 77.1 Å². The zero-order valence-electron chi connectivity index (χ0n) is 12.1. The number of carbonyl (C=O) groups is 1. The van der Waals surface area contributed by atoms with Crippen LogP contribution in [0.3, 0.4) is 0 Å². The summed E-state index contributed by atoms with van der Waals surface area (Å²) in [4.78, 5) is 25.2. The van der Waals surface area contributed by atoms with Gasteiger partial charge in [-0.3, -0.25) is 15.0 Å². The number of nitro groups is 1. The van der Waals surface area contributed by atoms with Crippen molar-refractivity contribution in [1.29, 1.82) is 0 Å². The number of hydrogen-bond donors (Lipinski definition) is 1. The number of nitro benzene ring substituents is 1. The SMILES string of the molecule is CCOC(=O)N1CC[NH+](Cc2ccccc2[N+](=O)[O-])CC1. The molecule has 1 aromatic rings. The van der Waals surface area contributed by atoms with E-state index in [0.29, 0.717) is 26.2 Å². The first-order valence-electron chi connectivity index (χ1n) is 7.09. The molecular formula is C14H20N3O4+. The van der Waals surface area contributed by atoms with E-state index >= 15 is 0 Å². The number of carbonyl (C=O) groups excluding carboxylic acids is 1. The summed E-state index contributed by atoms with van der Waals surface area (Å²) < 4.78 is 4.97. The third kappa shape index (κ3) is 3.91. The molecule has 21 heavy (non-hydrogen) atoms. The average Bonchev–Trinajstić information content (AvgIpc) is 2.48. The Balaban J connectivity index is 1.92. The molecule has 0 aliphatic carbocycles. The fraction of sp³-hybridized carbons (Fsp3) is 0.500. The monoisotopic (exact) mass is 294 g/mol. The lowest BCUT2D eigenvalue weighted by Crippen LogP contribution is -3.13. The molecule has 0 spiro atoms. The molecule has 1 heterocycles. The minimum absolute atomic E-state index is 0.165. The Morgan fingerprint density at radius 2 is 2.05 bits per heavy atom. The van der Waals surface area contributed by atoms with Gasteiger partial charge in [0.05, 0.1) is 43.3 Å². The quantitative estimate of drug-likeness (QED) is 0.646. The number of hydrogen-bond acceptors (Lipinski definition) is 4. The van der Waals surface area contributed by atoms with Gasteiger partial charge in [0.1, 0.15) is 6.54 Å². The number of ether oxygens (including phenoxy) is 1. The molecule has 7 nitrogen and oxygen atoms in total. The first-order chi connectivity index (χ1) is 10.1. The highest BCUT2D eigenvalue weighted by molar-refractivity contribution is 5.67. The van der Waals surface area contributed by atoms with Crippen molar-refractivity contribution in [3.63, 3.8) is 0 Å². The fourth-order valence-electron chi connectivity index (χ4n) is 2.50. The zero-order valence-corrected chi connectivity index (χ0v) is 12.1. The smallest absolute Gasteiger partial charge is 0.410 e. The van der Waals surface area contributed by atoms with Gasteiger partial charge < -0.3 is 9.64 Å². The largest absolute Gasteiger partial charge is 0.450 e. The van der Waals surface area contributed by atoms with Gasteiger partial charge in [0.2, 0.25) is 0 Å². The maximum Gasteiger partial charge on any atom is 0.410 e. The highest BCUT2D eigenvalue weighted by Gasteiger charge is 2.26. The second-order valence-electron chi connectivity index (χ2n) is 5.00. The van der Waals surface area contributed by atoms with Gasteiger partial charge in [-0.05, 0) is 13.0 Å². The van der Waals surface area contributed by atoms with Gasteiger partial charge in [-0.15, -0.1) is 0 Å². The molecule has 0 atom stereocenters. The lowest BCUT2D eigenvalue weighted by molar-refractivity contribution is -0.917. The molecule has 1 aliphatic rings. The summed E-state index contributed by atoms with van der Waals surface area (Å²) in [5.74, 6) is 0. The number of nitrogens with one attached hydrogen (secondary N) is 1. The standard InChI is InChI=1S/C14H19N3O4/c1-2-21-14(18)16-9-7-15(8-10-16)11-12-5-3-4-6-13(12)17(19)20/h3-6H,2,7-11H2,1H3/p+1. The van der Waals surface area contributed by atoms with Gasteiger partial charge in [0.25, 0.3) is 5.69 Å². The minimum Gasteiger partial charge on any atom is -0.450 e. The van der Waals surface area contributed by atoms with Crippen molar-refractivity contribution in [2.24, 2.45) is 0 Å². The Hall–Kier alpha value is -2.15. The molecule has 0 radical (unpaired) electrons. The Kier molecular flexibility index (Phi) is 5.10. The summed E-state index contributed by atoms with van der Waals surface area (Å²) in [6.45, 7) is 5.54. The summed E-state index contributed by atoms with van der Waals surface area (Å²) >= 11 is 0. The Morgan fingerprint density at radius 1 is 1.38 bits per heavy atom. The van der Waals surface area contributed by atoms with E-state index in [-0.39, 0.29) is 16.7 Å². The molecular weight excluding hydrogens is 274 g/mol. The second kappa shape index (κ2) is 7.03. The van der Waals surface area contributed by atoms with Crippen LogP contribution in [0.5, 0.6) is 0 Å². The third-order valence-electron chi connectivity index (χ3n) is 3.63. The summed E-state index contributed by atoms with van der Waals surface area (Å²) in [6.07, 6.45) is -0.276. The van der Waals surface area contributed by atoms with E-state index in [1.807, 2.05) is 6.07 Å². The molecule has 1 aromatic carbocycles. The lowest BCUT2D eigenvalue weighted by Gasteiger charge is -2.31. The van der Waals surface area contributed by atoms with E-state index in [0.717, 1.165) is 18.7 Å². The predicted octanol–water partition coefficient (Wildman–Crippen LogP) is 0.452. The van der Waals surface area contributed by atoms with E-state index in [1.54, 1.807) is 24.0 Å². The molecule has 7 heteroatoms. The molecule has 1 saturated heterocycles. The van der Waals surface area contributed by atoms with E-state index in [1.165, 1.54) is 11.0 Å². The van der Waals surface area contributed by atoms with Crippen LogP contribution in [0.15, 0.2) is 24.3 Å². The Bertz CT molecular complexity index is 513. The van der Waals surface area contributed by atoms with Crippen molar-refractivity contribution in [3.8, 4) is 0 Å². The zero-order chi connectivity index (χ0) is 15.2. The minimum atomic E-state index is -0.344. The summed E-state index contributed by atoms with van der Waals surface area (Å²) in [7, 11) is 0. The van der Waals surface area contributed by atoms with Crippen LogP contribution in [0.1, 0.15) is 12.5 Å². The normalized spacial score (nSPS) is 15.8. The number of amides is 1. The Morgan fingerprint density at radius 3 is 2.67 bits per heavy atom. The van der Waals surface area contributed by atoms with Crippen LogP contribution in [-0.4, -0.2) is 48.7 Å². The van der Waals surface area contributed by atoms with Gasteiger partial charge in [0.15, 0.2) is 0 Å². The van der Waals surface area contributed by atoms with Gasteiger partial charge in [-0.1, -0.05) is 12.1 Å². The third-order valence-corrected chi connectivity index (χ3v) is 3.63. The molecule has 0 saturated carbocycles. The van der Waals surface area contributed by atoms with Crippen molar-refractivity contribution in [1.82, 2.24) is 4.90 Å². The highest BCUT2D eigenvalue weighted by Crippen LogP contribution is 2.16. The maximum absolute atomic E-state index is 11.6. The molecule has 114 valence electrons. The number of benzene rings is 1. The van der Waals surface area contributed by atoms with Gasteiger partial charge in [-0.25, -0.2) is 4.79 Å². The molecule has 0 bridgehead atoms. The predicted molar refractivity (Wildman–Crippen MR) is 76.1 cm³/mol. The molecule has 1 fully saturated rings. The van der Waals surface area contributed by atoms with E-state index in [2.05, 4.69) is 0 Å². The molecule has 1 N–H and O–H groups in total. The molecule has 1 amide bonds. The van der Waals surface area contributed by atoms with Crippen LogP contribution >= 0.6 is 0 Å². The highest BCUT2D eigenvalue weighted by atomic mass is 16.6. The second-order valence-corrected chi connectivity index (χ2v) is 5.00. The molecule has 0 unspecified atom stereocenters. The van der Waals surface area contributed by atoms with Gasteiger partial charge in [0, 0.05) is 6.07 Å². The first kappa shape index (κ1) is 15.2. The summed E-state index contributed by atoms with van der Waals surface area (Å²) in [5, 5.41) is 11.0. The van der Waals surface area contributed by atoms with Crippen LogP contribution in [0.4, 0.5) is 10.5 Å². The Labute approximate surface area is 123 Å². The first-order valence-corrected chi connectivity index (χ1v) is 7.09. The van der Waals surface area contributed by atoms with Crippen LogP contribution in [0, 0.1) is 10.1 Å².